The van der Waals surface area contributed by atoms with Gasteiger partial charge in [-0.05, 0) is 5.56 Å². The minimum absolute atomic E-state index is 0.453. The number of benzene rings is 1. The Hall–Kier alpha value is -1.75. The van der Waals surface area contributed by atoms with Crippen LogP contribution in [0.1, 0.15) is 5.56 Å². The normalized spacial score (nSPS) is 11.1. The Balaban J connectivity index is 2.61. The fraction of sp³-hybridized carbons (Fsp3) is 0.222. The third kappa shape index (κ3) is 2.63. The van der Waals surface area contributed by atoms with Crippen LogP contribution < -0.4 is 17.0 Å². The predicted molar refractivity (Wildman–Crippen MR) is 56.9 cm³/mol. The lowest BCUT2D eigenvalue weighted by Gasteiger charge is -2.19. The fourth-order valence-electron chi connectivity index (χ4n) is 1.14. The number of hydrogen-bond donors (Lipinski definition) is 3. The second-order valence-corrected chi connectivity index (χ2v) is 2.82. The van der Waals surface area contributed by atoms with Gasteiger partial charge in [0, 0.05) is 7.05 Å². The molecule has 5 heteroatoms. The van der Waals surface area contributed by atoms with Crippen LogP contribution in [0.2, 0.25) is 0 Å². The summed E-state index contributed by atoms with van der Waals surface area (Å²) >= 11 is 0. The summed E-state index contributed by atoms with van der Waals surface area (Å²) < 4.78 is 0. The summed E-state index contributed by atoms with van der Waals surface area (Å²) in [6.45, 7) is 0.567. The second kappa shape index (κ2) is 5.08. The molecule has 0 atom stereocenters. The van der Waals surface area contributed by atoms with Crippen LogP contribution in [0.25, 0.3) is 0 Å². The lowest BCUT2D eigenvalue weighted by Crippen LogP contribution is -2.44. The van der Waals surface area contributed by atoms with E-state index in [1.54, 1.807) is 7.05 Å². The molecule has 5 N–H and O–H groups in total. The number of nitrogens with one attached hydrogen (secondary N) is 1. The highest BCUT2D eigenvalue weighted by molar-refractivity contribution is 5.78. The number of hydrazine groups is 1. The second-order valence-electron chi connectivity index (χ2n) is 2.82. The van der Waals surface area contributed by atoms with Gasteiger partial charge in [0.1, 0.15) is 0 Å². The first-order valence-corrected chi connectivity index (χ1v) is 4.29. The van der Waals surface area contributed by atoms with Gasteiger partial charge >= 0.3 is 0 Å². The molecule has 0 saturated heterocycles. The van der Waals surface area contributed by atoms with Crippen molar-refractivity contribution in [3.05, 3.63) is 35.9 Å². The van der Waals surface area contributed by atoms with Gasteiger partial charge in [-0.15, -0.1) is 5.10 Å². The molecule has 0 fully saturated rings. The summed E-state index contributed by atoms with van der Waals surface area (Å²) in [6.07, 6.45) is 0. The van der Waals surface area contributed by atoms with E-state index >= 15 is 0 Å². The maximum absolute atomic E-state index is 5.73. The van der Waals surface area contributed by atoms with Gasteiger partial charge in [0.25, 0.3) is 0 Å². The Kier molecular flexibility index (Phi) is 3.75. The van der Waals surface area contributed by atoms with Gasteiger partial charge in [-0.2, -0.15) is 0 Å². The average molecular weight is 193 g/mol. The molecular weight excluding hydrogens is 178 g/mol. The molecule has 1 aromatic rings. The van der Waals surface area contributed by atoms with E-state index in [4.69, 9.17) is 11.7 Å². The van der Waals surface area contributed by atoms with Crippen LogP contribution >= 0.6 is 0 Å². The number of rotatable bonds is 2. The third-order valence-corrected chi connectivity index (χ3v) is 1.81. The molecule has 0 radical (unpaired) electrons. The summed E-state index contributed by atoms with van der Waals surface area (Å²) in [7, 11) is 1.72. The molecule has 76 valence electrons. The molecule has 5 nitrogen and oxygen atoms in total. The highest BCUT2D eigenvalue weighted by Gasteiger charge is 2.04. The molecule has 0 heterocycles. The minimum atomic E-state index is 0.453. The predicted octanol–water partition coefficient (Wildman–Crippen LogP) is -0.189. The molecule has 0 spiro atoms. The topological polar surface area (TPSA) is 79.7 Å². The van der Waals surface area contributed by atoms with Crippen molar-refractivity contribution in [2.45, 2.75) is 6.54 Å². The largest absolute Gasteiger partial charge is 0.357 e. The number of hydrogen-bond acceptors (Lipinski definition) is 3. The molecule has 14 heavy (non-hydrogen) atoms. The van der Waals surface area contributed by atoms with Crippen LogP contribution in [0.4, 0.5) is 0 Å². The average Bonchev–Trinajstić information content (AvgIpc) is 2.21. The van der Waals surface area contributed by atoms with Crippen molar-refractivity contribution >= 4 is 5.96 Å². The molecule has 1 rings (SSSR count). The zero-order valence-electron chi connectivity index (χ0n) is 8.14. The zero-order valence-corrected chi connectivity index (χ0v) is 8.14. The lowest BCUT2D eigenvalue weighted by molar-refractivity contribution is 0.418. The summed E-state index contributed by atoms with van der Waals surface area (Å²) in [5, 5.41) is 7.76. The Labute approximate surface area is 83.4 Å². The summed E-state index contributed by atoms with van der Waals surface area (Å²) in [5.74, 6) is 11.3. The van der Waals surface area contributed by atoms with Crippen molar-refractivity contribution < 1.29 is 0 Å². The molecule has 0 amide bonds. The molecule has 0 saturated carbocycles. The third-order valence-electron chi connectivity index (χ3n) is 1.81. The Morgan fingerprint density at radius 2 is 2.07 bits per heavy atom. The highest BCUT2D eigenvalue weighted by atomic mass is 15.5. The monoisotopic (exact) mass is 193 g/mol. The number of hydrazone groups is 1. The summed E-state index contributed by atoms with van der Waals surface area (Å²) in [6, 6.07) is 9.86. The highest BCUT2D eigenvalue weighted by Crippen LogP contribution is 2.00. The van der Waals surface area contributed by atoms with Gasteiger partial charge in [-0.1, -0.05) is 30.3 Å². The lowest BCUT2D eigenvalue weighted by atomic mass is 10.2. The van der Waals surface area contributed by atoms with Gasteiger partial charge in [-0.3, -0.25) is 5.01 Å². The van der Waals surface area contributed by atoms with Gasteiger partial charge in [0.2, 0.25) is 5.96 Å². The minimum Gasteiger partial charge on any atom is -0.357 e. The van der Waals surface area contributed by atoms with E-state index in [1.807, 2.05) is 30.3 Å². The van der Waals surface area contributed by atoms with Crippen molar-refractivity contribution in [1.82, 2.24) is 10.3 Å². The molecule has 0 aliphatic carbocycles. The van der Waals surface area contributed by atoms with Gasteiger partial charge in [0.05, 0.1) is 6.54 Å². The van der Waals surface area contributed by atoms with E-state index in [1.165, 1.54) is 5.01 Å². The standard InChI is InChI=1S/C9H15N5/c1-12-9(13-10)14(11)7-8-5-3-2-4-6-8/h2-6H,7,10-11H2,1H3,(H,12,13). The molecule has 1 aromatic carbocycles. The quantitative estimate of drug-likeness (QED) is 0.263. The molecule has 0 aliphatic heterocycles. The Morgan fingerprint density at radius 3 is 2.57 bits per heavy atom. The van der Waals surface area contributed by atoms with Crippen molar-refractivity contribution in [1.29, 1.82) is 0 Å². The first-order chi connectivity index (χ1) is 6.77. The van der Waals surface area contributed by atoms with Gasteiger partial charge in [0.15, 0.2) is 0 Å². The van der Waals surface area contributed by atoms with Gasteiger partial charge < -0.3 is 11.2 Å². The van der Waals surface area contributed by atoms with Crippen LogP contribution in [0.5, 0.6) is 0 Å². The Bertz CT molecular complexity index is 295. The molecule has 0 bridgehead atoms. The maximum atomic E-state index is 5.73. The SMILES string of the molecule is CN/C(=N/N)N(N)Cc1ccccc1. The smallest absolute Gasteiger partial charge is 0.230 e. The van der Waals surface area contributed by atoms with Crippen LogP contribution in [-0.2, 0) is 6.54 Å². The number of nitrogens with two attached hydrogens (primary N) is 2. The van der Waals surface area contributed by atoms with E-state index in [9.17, 15) is 0 Å². The Morgan fingerprint density at radius 1 is 1.43 bits per heavy atom. The van der Waals surface area contributed by atoms with E-state index < -0.39 is 0 Å². The first kappa shape index (κ1) is 10.3. The first-order valence-electron chi connectivity index (χ1n) is 4.29. The van der Waals surface area contributed by atoms with E-state index in [0.29, 0.717) is 12.5 Å². The molecule has 0 aliphatic rings. The van der Waals surface area contributed by atoms with E-state index in [-0.39, 0.29) is 0 Å². The van der Waals surface area contributed by atoms with Crippen molar-refractivity contribution in [3.8, 4) is 0 Å². The molecule has 0 aromatic heterocycles. The molecular formula is C9H15N5. The van der Waals surface area contributed by atoms with Gasteiger partial charge in [-0.25, -0.2) is 5.84 Å². The van der Waals surface area contributed by atoms with E-state index in [0.717, 1.165) is 5.56 Å². The van der Waals surface area contributed by atoms with Crippen molar-refractivity contribution in [2.24, 2.45) is 16.8 Å². The zero-order chi connectivity index (χ0) is 10.4. The van der Waals surface area contributed by atoms with Crippen molar-refractivity contribution in [3.63, 3.8) is 0 Å². The van der Waals surface area contributed by atoms with E-state index in [2.05, 4.69) is 10.4 Å². The number of guanidine groups is 1. The van der Waals surface area contributed by atoms with Crippen LogP contribution in [0.15, 0.2) is 35.4 Å². The maximum Gasteiger partial charge on any atom is 0.230 e. The van der Waals surface area contributed by atoms with Crippen LogP contribution in [0, 0.1) is 0 Å². The summed E-state index contributed by atoms with van der Waals surface area (Å²) in [5.41, 5.74) is 1.10. The number of nitrogens with zero attached hydrogens (tertiary/aromatic N) is 2. The van der Waals surface area contributed by atoms with Crippen LogP contribution in [-0.4, -0.2) is 18.0 Å². The molecule has 0 unspecified atom stereocenters. The van der Waals surface area contributed by atoms with Crippen LogP contribution in [0.3, 0.4) is 0 Å². The fourth-order valence-corrected chi connectivity index (χ4v) is 1.14. The summed E-state index contributed by atoms with van der Waals surface area (Å²) in [4.78, 5) is 0. The van der Waals surface area contributed by atoms with Crippen molar-refractivity contribution in [2.75, 3.05) is 7.05 Å².